The summed E-state index contributed by atoms with van der Waals surface area (Å²) in [7, 11) is 0. The Morgan fingerprint density at radius 1 is 1.31 bits per heavy atom. The van der Waals surface area contributed by atoms with Gasteiger partial charge in [0.15, 0.2) is 0 Å². The fourth-order valence-electron chi connectivity index (χ4n) is 2.19. The molecule has 1 aromatic carbocycles. The van der Waals surface area contributed by atoms with Gasteiger partial charge in [0.05, 0.1) is 6.61 Å². The highest BCUT2D eigenvalue weighted by atomic mass is 16.3. The van der Waals surface area contributed by atoms with E-state index in [4.69, 9.17) is 0 Å². The molecule has 1 unspecified atom stereocenters. The summed E-state index contributed by atoms with van der Waals surface area (Å²) in [6, 6.07) is 10.7. The van der Waals surface area contributed by atoms with E-state index in [0.29, 0.717) is 0 Å². The van der Waals surface area contributed by atoms with E-state index < -0.39 is 0 Å². The Morgan fingerprint density at radius 3 is 2.88 bits per heavy atom. The molecule has 0 saturated carbocycles. The van der Waals surface area contributed by atoms with E-state index in [9.17, 15) is 5.11 Å². The van der Waals surface area contributed by atoms with Crippen molar-refractivity contribution < 1.29 is 5.11 Å². The lowest BCUT2D eigenvalue weighted by molar-refractivity contribution is 0.126. The summed E-state index contributed by atoms with van der Waals surface area (Å²) >= 11 is 0. The van der Waals surface area contributed by atoms with Crippen molar-refractivity contribution in [3.8, 4) is 0 Å². The van der Waals surface area contributed by atoms with Crippen LogP contribution in [-0.4, -0.2) is 42.3 Å². The number of benzene rings is 1. The van der Waals surface area contributed by atoms with Crippen molar-refractivity contribution in [3.05, 3.63) is 35.9 Å². The summed E-state index contributed by atoms with van der Waals surface area (Å²) in [6.07, 6.45) is 1.16. The van der Waals surface area contributed by atoms with Gasteiger partial charge in [0.2, 0.25) is 0 Å². The minimum atomic E-state index is 0.236. The Morgan fingerprint density at radius 2 is 2.12 bits per heavy atom. The van der Waals surface area contributed by atoms with E-state index in [0.717, 1.165) is 32.6 Å². The average molecular weight is 220 g/mol. The Balaban J connectivity index is 2.00. The van der Waals surface area contributed by atoms with Crippen molar-refractivity contribution in [1.82, 2.24) is 10.2 Å². The first-order valence-electron chi connectivity index (χ1n) is 5.99. The van der Waals surface area contributed by atoms with Crippen molar-refractivity contribution >= 4 is 0 Å². The molecule has 0 bridgehead atoms. The molecule has 16 heavy (non-hydrogen) atoms. The van der Waals surface area contributed by atoms with Crippen molar-refractivity contribution in [2.75, 3.05) is 26.2 Å². The summed E-state index contributed by atoms with van der Waals surface area (Å²) in [6.45, 7) is 4.19. The number of aliphatic hydroxyl groups is 1. The average Bonchev–Trinajstić information content (AvgIpc) is 2.55. The van der Waals surface area contributed by atoms with Gasteiger partial charge in [-0.3, -0.25) is 4.90 Å². The van der Waals surface area contributed by atoms with E-state index in [-0.39, 0.29) is 12.6 Å². The van der Waals surface area contributed by atoms with Crippen LogP contribution in [0.15, 0.2) is 30.3 Å². The van der Waals surface area contributed by atoms with Gasteiger partial charge in [-0.2, -0.15) is 0 Å². The maximum absolute atomic E-state index is 9.38. The quantitative estimate of drug-likeness (QED) is 0.792. The lowest BCUT2D eigenvalue weighted by atomic mass is 10.1. The van der Waals surface area contributed by atoms with Crippen LogP contribution in [0.1, 0.15) is 12.0 Å². The number of hydrogen-bond acceptors (Lipinski definition) is 3. The molecule has 1 aliphatic heterocycles. The van der Waals surface area contributed by atoms with Gasteiger partial charge in [0, 0.05) is 25.7 Å². The van der Waals surface area contributed by atoms with Crippen LogP contribution in [0.25, 0.3) is 0 Å². The van der Waals surface area contributed by atoms with Gasteiger partial charge in [0.25, 0.3) is 0 Å². The molecule has 2 N–H and O–H groups in total. The number of nitrogens with zero attached hydrogens (tertiary/aromatic N) is 1. The van der Waals surface area contributed by atoms with Crippen LogP contribution in [0.4, 0.5) is 0 Å². The zero-order valence-electron chi connectivity index (χ0n) is 9.60. The second-order valence-electron chi connectivity index (χ2n) is 4.35. The fourth-order valence-corrected chi connectivity index (χ4v) is 2.19. The van der Waals surface area contributed by atoms with Gasteiger partial charge in [-0.15, -0.1) is 0 Å². The van der Waals surface area contributed by atoms with Crippen molar-refractivity contribution in [2.24, 2.45) is 0 Å². The van der Waals surface area contributed by atoms with Crippen LogP contribution < -0.4 is 5.32 Å². The molecule has 1 heterocycles. The molecule has 0 spiro atoms. The zero-order chi connectivity index (χ0) is 11.2. The predicted octanol–water partition coefficient (Wildman–Crippen LogP) is 0.843. The first kappa shape index (κ1) is 11.6. The van der Waals surface area contributed by atoms with Crippen LogP contribution in [0.3, 0.4) is 0 Å². The van der Waals surface area contributed by atoms with Gasteiger partial charge < -0.3 is 10.4 Å². The molecule has 1 fully saturated rings. The number of rotatable bonds is 3. The molecule has 2 rings (SSSR count). The Labute approximate surface area is 97.1 Å². The third-order valence-electron chi connectivity index (χ3n) is 3.13. The lowest BCUT2D eigenvalue weighted by Crippen LogP contribution is -2.41. The van der Waals surface area contributed by atoms with Gasteiger partial charge in [-0.1, -0.05) is 30.3 Å². The molecule has 1 atom stereocenters. The first-order valence-corrected chi connectivity index (χ1v) is 5.99. The van der Waals surface area contributed by atoms with E-state index in [1.807, 2.05) is 6.07 Å². The summed E-state index contributed by atoms with van der Waals surface area (Å²) in [5, 5.41) is 12.7. The van der Waals surface area contributed by atoms with E-state index in [2.05, 4.69) is 34.5 Å². The third kappa shape index (κ3) is 3.04. The Kier molecular flexibility index (Phi) is 4.34. The molecule has 0 aromatic heterocycles. The number of aliphatic hydroxyl groups excluding tert-OH is 1. The third-order valence-corrected chi connectivity index (χ3v) is 3.13. The summed E-state index contributed by atoms with van der Waals surface area (Å²) in [5.74, 6) is 0. The highest BCUT2D eigenvalue weighted by molar-refractivity contribution is 5.14. The molecular weight excluding hydrogens is 200 g/mol. The number of nitrogens with one attached hydrogen (secondary N) is 1. The first-order chi connectivity index (χ1) is 7.90. The molecule has 0 aliphatic carbocycles. The maximum atomic E-state index is 9.38. The SMILES string of the molecule is OCC1CNCCCN1Cc1ccccc1. The Hall–Kier alpha value is -0.900. The summed E-state index contributed by atoms with van der Waals surface area (Å²) in [5.41, 5.74) is 1.32. The van der Waals surface area contributed by atoms with E-state index in [1.165, 1.54) is 5.56 Å². The van der Waals surface area contributed by atoms with Crippen LogP contribution in [0, 0.1) is 0 Å². The fraction of sp³-hybridized carbons (Fsp3) is 0.538. The van der Waals surface area contributed by atoms with E-state index >= 15 is 0 Å². The van der Waals surface area contributed by atoms with Crippen LogP contribution in [0.5, 0.6) is 0 Å². The van der Waals surface area contributed by atoms with Crippen molar-refractivity contribution in [3.63, 3.8) is 0 Å². The number of hydrogen-bond donors (Lipinski definition) is 2. The van der Waals surface area contributed by atoms with E-state index in [1.54, 1.807) is 0 Å². The minimum absolute atomic E-state index is 0.236. The highest BCUT2D eigenvalue weighted by Crippen LogP contribution is 2.10. The minimum Gasteiger partial charge on any atom is -0.395 e. The van der Waals surface area contributed by atoms with Gasteiger partial charge in [-0.05, 0) is 18.5 Å². The summed E-state index contributed by atoms with van der Waals surface area (Å²) < 4.78 is 0. The molecule has 0 amide bonds. The molecule has 3 heteroatoms. The highest BCUT2D eigenvalue weighted by Gasteiger charge is 2.19. The van der Waals surface area contributed by atoms with Gasteiger partial charge in [-0.25, -0.2) is 0 Å². The monoisotopic (exact) mass is 220 g/mol. The Bertz CT molecular complexity index is 302. The smallest absolute Gasteiger partial charge is 0.0599 e. The predicted molar refractivity (Wildman–Crippen MR) is 65.2 cm³/mol. The second-order valence-corrected chi connectivity index (χ2v) is 4.35. The standard InChI is InChI=1S/C13H20N2O/c16-11-13-9-14-7-4-8-15(13)10-12-5-2-1-3-6-12/h1-3,5-6,13-14,16H,4,7-11H2. The van der Waals surface area contributed by atoms with Gasteiger partial charge >= 0.3 is 0 Å². The molecule has 3 nitrogen and oxygen atoms in total. The summed E-state index contributed by atoms with van der Waals surface area (Å²) in [4.78, 5) is 2.37. The van der Waals surface area contributed by atoms with Gasteiger partial charge in [0.1, 0.15) is 0 Å². The molecule has 0 radical (unpaired) electrons. The largest absolute Gasteiger partial charge is 0.395 e. The maximum Gasteiger partial charge on any atom is 0.0599 e. The van der Waals surface area contributed by atoms with Crippen molar-refractivity contribution in [2.45, 2.75) is 19.0 Å². The van der Waals surface area contributed by atoms with Crippen molar-refractivity contribution in [1.29, 1.82) is 0 Å². The van der Waals surface area contributed by atoms with Crippen LogP contribution in [0.2, 0.25) is 0 Å². The van der Waals surface area contributed by atoms with Crippen LogP contribution >= 0.6 is 0 Å². The molecule has 88 valence electrons. The molecule has 1 aromatic rings. The second kappa shape index (κ2) is 5.99. The molecule has 1 aliphatic rings. The topological polar surface area (TPSA) is 35.5 Å². The lowest BCUT2D eigenvalue weighted by Gasteiger charge is -2.28. The van der Waals surface area contributed by atoms with Crippen LogP contribution in [-0.2, 0) is 6.54 Å². The molecule has 1 saturated heterocycles. The zero-order valence-corrected chi connectivity index (χ0v) is 9.60. The normalized spacial score (nSPS) is 22.9. The molecular formula is C13H20N2O.